The van der Waals surface area contributed by atoms with Crippen molar-refractivity contribution in [3.8, 4) is 0 Å². The maximum atomic E-state index is 12.4. The first-order valence-electron chi connectivity index (χ1n) is 6.93. The summed E-state index contributed by atoms with van der Waals surface area (Å²) in [5, 5.41) is 9.23. The monoisotopic (exact) mass is 306 g/mol. The summed E-state index contributed by atoms with van der Waals surface area (Å²) in [6, 6.07) is -1.14. The molecular weight excluding hydrogens is 280 g/mol. The average molecular weight is 306 g/mol. The zero-order valence-electron chi connectivity index (χ0n) is 12.9. The molecule has 1 aliphatic rings. The van der Waals surface area contributed by atoms with Crippen LogP contribution in [-0.4, -0.2) is 42.9 Å². The quantitative estimate of drug-likeness (QED) is 0.819. The summed E-state index contributed by atoms with van der Waals surface area (Å²) in [5.41, 5.74) is -0.689. The van der Waals surface area contributed by atoms with E-state index in [1.54, 1.807) is 20.8 Å². The van der Waals surface area contributed by atoms with Gasteiger partial charge in [0.2, 0.25) is 0 Å². The van der Waals surface area contributed by atoms with Crippen molar-refractivity contribution in [3.63, 3.8) is 0 Å². The Morgan fingerprint density at radius 2 is 1.70 bits per heavy atom. The predicted octanol–water partition coefficient (Wildman–Crippen LogP) is 1.30. The van der Waals surface area contributed by atoms with Crippen LogP contribution in [0.1, 0.15) is 41.0 Å². The van der Waals surface area contributed by atoms with Crippen molar-refractivity contribution in [2.24, 2.45) is 17.3 Å². The number of hydrogen-bond acceptors (Lipinski definition) is 3. The molecule has 1 saturated heterocycles. The minimum atomic E-state index is -3.77. The molecule has 0 bridgehead atoms. The highest BCUT2D eigenvalue weighted by molar-refractivity contribution is 7.87. The lowest BCUT2D eigenvalue weighted by Crippen LogP contribution is -2.55. The Bertz CT molecular complexity index is 445. The first-order valence-corrected chi connectivity index (χ1v) is 8.37. The fourth-order valence-electron chi connectivity index (χ4n) is 2.62. The zero-order valence-corrected chi connectivity index (χ0v) is 13.7. The molecule has 0 saturated carbocycles. The normalized spacial score (nSPS) is 27.2. The molecule has 2 N–H and O–H groups in total. The van der Waals surface area contributed by atoms with E-state index in [9.17, 15) is 18.3 Å². The molecule has 6 nitrogen and oxygen atoms in total. The molecule has 1 rings (SSSR count). The zero-order chi connectivity index (χ0) is 15.7. The van der Waals surface area contributed by atoms with E-state index in [-0.39, 0.29) is 11.8 Å². The summed E-state index contributed by atoms with van der Waals surface area (Å²) in [6.07, 6.45) is 0.994. The molecule has 0 aromatic carbocycles. The molecule has 1 heterocycles. The Hall–Kier alpha value is -0.660. The van der Waals surface area contributed by atoms with Gasteiger partial charge in [0.15, 0.2) is 0 Å². The standard InChI is InChI=1S/C13H26N2O4S/c1-9-6-10(2)8-15(7-9)20(18,19)14-11(12(16)17)13(3,4)5/h9-11,14H,6-8H2,1-5H3,(H,16,17). The smallest absolute Gasteiger partial charge is 0.322 e. The van der Waals surface area contributed by atoms with Gasteiger partial charge in [0.1, 0.15) is 6.04 Å². The Labute approximate surface area is 121 Å². The highest BCUT2D eigenvalue weighted by Crippen LogP contribution is 2.25. The van der Waals surface area contributed by atoms with Crippen LogP contribution in [-0.2, 0) is 15.0 Å². The minimum Gasteiger partial charge on any atom is -0.480 e. The Morgan fingerprint density at radius 3 is 2.05 bits per heavy atom. The highest BCUT2D eigenvalue weighted by atomic mass is 32.2. The molecule has 0 spiro atoms. The lowest BCUT2D eigenvalue weighted by atomic mass is 9.88. The van der Waals surface area contributed by atoms with Crippen molar-refractivity contribution >= 4 is 16.2 Å². The summed E-state index contributed by atoms with van der Waals surface area (Å²) >= 11 is 0. The number of carboxylic acid groups (broad SMARTS) is 1. The number of rotatable bonds is 4. The van der Waals surface area contributed by atoms with Crippen molar-refractivity contribution < 1.29 is 18.3 Å². The van der Waals surface area contributed by atoms with E-state index in [4.69, 9.17) is 0 Å². The number of piperidine rings is 1. The number of nitrogens with one attached hydrogen (secondary N) is 1. The van der Waals surface area contributed by atoms with E-state index in [0.29, 0.717) is 13.1 Å². The third kappa shape index (κ3) is 4.43. The van der Waals surface area contributed by atoms with Crippen LogP contribution in [0.15, 0.2) is 0 Å². The van der Waals surface area contributed by atoms with Gasteiger partial charge in [-0.15, -0.1) is 0 Å². The minimum absolute atomic E-state index is 0.285. The van der Waals surface area contributed by atoms with Gasteiger partial charge in [0.25, 0.3) is 10.2 Å². The van der Waals surface area contributed by atoms with E-state index < -0.39 is 27.6 Å². The van der Waals surface area contributed by atoms with Gasteiger partial charge in [-0.25, -0.2) is 0 Å². The molecule has 20 heavy (non-hydrogen) atoms. The van der Waals surface area contributed by atoms with E-state index in [1.807, 2.05) is 13.8 Å². The number of aliphatic carboxylic acids is 1. The van der Waals surface area contributed by atoms with Crippen molar-refractivity contribution in [2.75, 3.05) is 13.1 Å². The lowest BCUT2D eigenvalue weighted by Gasteiger charge is -2.36. The Kier molecular flexibility index (Phi) is 5.21. The third-order valence-electron chi connectivity index (χ3n) is 3.56. The van der Waals surface area contributed by atoms with Gasteiger partial charge in [-0.2, -0.15) is 17.4 Å². The summed E-state index contributed by atoms with van der Waals surface area (Å²) in [7, 11) is -3.77. The van der Waals surface area contributed by atoms with Crippen LogP contribution in [0.25, 0.3) is 0 Å². The SMILES string of the molecule is CC1CC(C)CN(S(=O)(=O)NC(C(=O)O)C(C)(C)C)C1. The second-order valence-corrected chi connectivity index (χ2v) is 8.73. The number of carbonyl (C=O) groups is 1. The molecule has 0 aromatic rings. The van der Waals surface area contributed by atoms with Crippen molar-refractivity contribution in [1.29, 1.82) is 0 Å². The molecule has 1 fully saturated rings. The average Bonchev–Trinajstić information content (AvgIpc) is 2.22. The predicted molar refractivity (Wildman–Crippen MR) is 77.5 cm³/mol. The third-order valence-corrected chi connectivity index (χ3v) is 5.07. The maximum absolute atomic E-state index is 12.4. The molecule has 0 radical (unpaired) electrons. The molecule has 0 amide bonds. The molecule has 3 atom stereocenters. The molecule has 0 aromatic heterocycles. The van der Waals surface area contributed by atoms with Crippen LogP contribution in [0.5, 0.6) is 0 Å². The number of nitrogens with zero attached hydrogens (tertiary/aromatic N) is 1. The fourth-order valence-corrected chi connectivity index (χ4v) is 4.43. The molecule has 7 heteroatoms. The summed E-state index contributed by atoms with van der Waals surface area (Å²) in [5.74, 6) is -0.583. The number of carboxylic acids is 1. The first-order chi connectivity index (χ1) is 8.93. The Balaban J connectivity index is 2.90. The fraction of sp³-hybridized carbons (Fsp3) is 0.923. The maximum Gasteiger partial charge on any atom is 0.322 e. The second kappa shape index (κ2) is 5.99. The van der Waals surface area contributed by atoms with Crippen LogP contribution in [0.3, 0.4) is 0 Å². The molecular formula is C13H26N2O4S. The largest absolute Gasteiger partial charge is 0.480 e. The van der Waals surface area contributed by atoms with Crippen molar-refractivity contribution in [1.82, 2.24) is 9.03 Å². The molecule has 3 unspecified atom stereocenters. The van der Waals surface area contributed by atoms with Gasteiger partial charge in [0, 0.05) is 13.1 Å². The van der Waals surface area contributed by atoms with Gasteiger partial charge in [-0.3, -0.25) is 4.79 Å². The molecule has 118 valence electrons. The summed E-state index contributed by atoms with van der Waals surface area (Å²) < 4.78 is 28.5. The van der Waals surface area contributed by atoms with Gasteiger partial charge >= 0.3 is 5.97 Å². The van der Waals surface area contributed by atoms with Gasteiger partial charge < -0.3 is 5.11 Å². The lowest BCUT2D eigenvalue weighted by molar-refractivity contribution is -0.141. The second-order valence-electron chi connectivity index (χ2n) is 7.02. The summed E-state index contributed by atoms with van der Waals surface area (Å²) in [4.78, 5) is 11.3. The van der Waals surface area contributed by atoms with Crippen LogP contribution in [0.2, 0.25) is 0 Å². The van der Waals surface area contributed by atoms with Gasteiger partial charge in [-0.05, 0) is 23.7 Å². The van der Waals surface area contributed by atoms with Crippen LogP contribution in [0, 0.1) is 17.3 Å². The van der Waals surface area contributed by atoms with Crippen molar-refractivity contribution in [3.05, 3.63) is 0 Å². The van der Waals surface area contributed by atoms with Crippen LogP contribution >= 0.6 is 0 Å². The van der Waals surface area contributed by atoms with Crippen LogP contribution in [0.4, 0.5) is 0 Å². The molecule has 0 aliphatic carbocycles. The van der Waals surface area contributed by atoms with E-state index in [1.165, 1.54) is 4.31 Å². The topological polar surface area (TPSA) is 86.7 Å². The van der Waals surface area contributed by atoms with Crippen LogP contribution < -0.4 is 4.72 Å². The Morgan fingerprint density at radius 1 is 1.25 bits per heavy atom. The van der Waals surface area contributed by atoms with Gasteiger partial charge in [-0.1, -0.05) is 34.6 Å². The first kappa shape index (κ1) is 17.4. The molecule has 1 aliphatic heterocycles. The van der Waals surface area contributed by atoms with Crippen molar-refractivity contribution in [2.45, 2.75) is 47.1 Å². The van der Waals surface area contributed by atoms with E-state index in [0.717, 1.165) is 6.42 Å². The highest BCUT2D eigenvalue weighted by Gasteiger charge is 2.38. The van der Waals surface area contributed by atoms with E-state index in [2.05, 4.69) is 4.72 Å². The summed E-state index contributed by atoms with van der Waals surface area (Å²) in [6.45, 7) is 10.0. The van der Waals surface area contributed by atoms with Gasteiger partial charge in [0.05, 0.1) is 0 Å². The number of hydrogen-bond donors (Lipinski definition) is 2. The van der Waals surface area contributed by atoms with E-state index >= 15 is 0 Å².